The van der Waals surface area contributed by atoms with Crippen LogP contribution >= 0.6 is 0 Å². The maximum absolute atomic E-state index is 12.1. The topological polar surface area (TPSA) is 65.5 Å². The number of carbonyl (C=O) groups excluding carboxylic acids is 2. The van der Waals surface area contributed by atoms with E-state index in [0.29, 0.717) is 12.6 Å². The summed E-state index contributed by atoms with van der Waals surface area (Å²) in [5.41, 5.74) is 0. The molecule has 0 unspecified atom stereocenters. The standard InChI is InChI=1S/C11H16N4O3/c1-5-6-18-10-12-8-7(13(10)2)9(16)15(4)11(17)14(8)3/h5,7-8H,1,6H2,2-4H3/t7-,8+/m0/s1. The van der Waals surface area contributed by atoms with E-state index in [4.69, 9.17) is 4.74 Å². The number of nitrogens with zero attached hydrogens (tertiary/aromatic N) is 4. The van der Waals surface area contributed by atoms with E-state index in [1.165, 1.54) is 11.9 Å². The normalized spacial score (nSPS) is 27.3. The summed E-state index contributed by atoms with van der Waals surface area (Å²) in [4.78, 5) is 32.3. The molecule has 1 saturated heterocycles. The molecule has 7 nitrogen and oxygen atoms in total. The number of hydrogen-bond donors (Lipinski definition) is 0. The Morgan fingerprint density at radius 1 is 1.33 bits per heavy atom. The third-order valence-electron chi connectivity index (χ3n) is 3.14. The zero-order valence-electron chi connectivity index (χ0n) is 10.7. The van der Waals surface area contributed by atoms with Crippen molar-refractivity contribution in [2.24, 2.45) is 4.99 Å². The number of rotatable bonds is 2. The molecule has 2 aliphatic rings. The molecule has 2 aliphatic heterocycles. The third kappa shape index (κ3) is 1.62. The van der Waals surface area contributed by atoms with Crippen molar-refractivity contribution in [3.05, 3.63) is 12.7 Å². The quantitative estimate of drug-likeness (QED) is 0.633. The predicted molar refractivity (Wildman–Crippen MR) is 64.9 cm³/mol. The molecule has 0 aromatic rings. The van der Waals surface area contributed by atoms with E-state index in [9.17, 15) is 9.59 Å². The SMILES string of the molecule is C=CCOC1=N[C@H]2[C@@H](C(=O)N(C)C(=O)N2C)N1C. The largest absolute Gasteiger partial charge is 0.461 e. The van der Waals surface area contributed by atoms with Crippen molar-refractivity contribution in [3.63, 3.8) is 0 Å². The van der Waals surface area contributed by atoms with Gasteiger partial charge in [0.15, 0.2) is 12.2 Å². The van der Waals surface area contributed by atoms with Crippen LogP contribution in [-0.2, 0) is 9.53 Å². The monoisotopic (exact) mass is 252 g/mol. The highest BCUT2D eigenvalue weighted by molar-refractivity contribution is 6.02. The first kappa shape index (κ1) is 12.4. The first-order valence-corrected chi connectivity index (χ1v) is 5.57. The molecule has 0 radical (unpaired) electrons. The molecule has 0 N–H and O–H groups in total. The molecule has 1 fully saturated rings. The number of likely N-dealkylation sites (N-methyl/N-ethyl adjacent to an activating group) is 3. The fraction of sp³-hybridized carbons (Fsp3) is 0.545. The number of hydrogen-bond acceptors (Lipinski definition) is 5. The summed E-state index contributed by atoms with van der Waals surface area (Å²) in [5, 5.41) is 0. The van der Waals surface area contributed by atoms with Crippen molar-refractivity contribution in [1.29, 1.82) is 0 Å². The Labute approximate surface area is 105 Å². The van der Waals surface area contributed by atoms with Gasteiger partial charge in [0.05, 0.1) is 0 Å². The van der Waals surface area contributed by atoms with Crippen LogP contribution in [0, 0.1) is 0 Å². The van der Waals surface area contributed by atoms with E-state index in [-0.39, 0.29) is 11.9 Å². The van der Waals surface area contributed by atoms with Gasteiger partial charge in [-0.2, -0.15) is 0 Å². The van der Waals surface area contributed by atoms with Crippen LogP contribution in [0.5, 0.6) is 0 Å². The smallest absolute Gasteiger partial charge is 0.328 e. The molecule has 0 aliphatic carbocycles. The number of aliphatic imine (C=N–C) groups is 1. The second kappa shape index (κ2) is 4.32. The zero-order chi connectivity index (χ0) is 13.4. The average Bonchev–Trinajstić information content (AvgIpc) is 2.69. The molecular formula is C11H16N4O3. The number of carbonyl (C=O) groups is 2. The maximum Gasteiger partial charge on any atom is 0.328 e. The first-order chi connectivity index (χ1) is 8.49. The van der Waals surface area contributed by atoms with Gasteiger partial charge in [0, 0.05) is 21.1 Å². The van der Waals surface area contributed by atoms with Crippen LogP contribution in [-0.4, -0.2) is 72.6 Å². The first-order valence-electron chi connectivity index (χ1n) is 5.57. The molecule has 18 heavy (non-hydrogen) atoms. The highest BCUT2D eigenvalue weighted by Gasteiger charge is 2.50. The van der Waals surface area contributed by atoms with Crippen molar-refractivity contribution in [2.75, 3.05) is 27.7 Å². The number of amides is 3. The van der Waals surface area contributed by atoms with Crippen LogP contribution in [0.3, 0.4) is 0 Å². The summed E-state index contributed by atoms with van der Waals surface area (Å²) >= 11 is 0. The Bertz CT molecular complexity index is 434. The summed E-state index contributed by atoms with van der Waals surface area (Å²) in [6.45, 7) is 3.86. The minimum absolute atomic E-state index is 0.272. The summed E-state index contributed by atoms with van der Waals surface area (Å²) in [7, 11) is 4.81. The van der Waals surface area contributed by atoms with Crippen LogP contribution in [0.15, 0.2) is 17.6 Å². The second-order valence-corrected chi connectivity index (χ2v) is 4.27. The Kier molecular flexibility index (Phi) is 2.98. The number of urea groups is 1. The van der Waals surface area contributed by atoms with Gasteiger partial charge in [-0.05, 0) is 0 Å². The average molecular weight is 252 g/mol. The Hall–Kier alpha value is -2.05. The fourth-order valence-corrected chi connectivity index (χ4v) is 2.10. The van der Waals surface area contributed by atoms with Gasteiger partial charge < -0.3 is 14.5 Å². The molecule has 98 valence electrons. The molecule has 2 rings (SSSR count). The van der Waals surface area contributed by atoms with Crippen LogP contribution in [0.25, 0.3) is 0 Å². The summed E-state index contributed by atoms with van der Waals surface area (Å²) in [5.74, 6) is -0.272. The van der Waals surface area contributed by atoms with Gasteiger partial charge in [-0.1, -0.05) is 12.7 Å². The lowest BCUT2D eigenvalue weighted by atomic mass is 10.1. The van der Waals surface area contributed by atoms with Crippen molar-refractivity contribution >= 4 is 18.0 Å². The van der Waals surface area contributed by atoms with Crippen LogP contribution < -0.4 is 0 Å². The molecule has 2 atom stereocenters. The van der Waals surface area contributed by atoms with E-state index in [1.807, 2.05) is 0 Å². The van der Waals surface area contributed by atoms with Gasteiger partial charge in [0.1, 0.15) is 6.61 Å². The Morgan fingerprint density at radius 2 is 2.00 bits per heavy atom. The van der Waals surface area contributed by atoms with Gasteiger partial charge in [0.25, 0.3) is 11.9 Å². The van der Waals surface area contributed by atoms with Crippen LogP contribution in [0.2, 0.25) is 0 Å². The minimum atomic E-state index is -0.522. The molecule has 0 aromatic heterocycles. The van der Waals surface area contributed by atoms with E-state index < -0.39 is 12.2 Å². The molecule has 2 heterocycles. The van der Waals surface area contributed by atoms with E-state index >= 15 is 0 Å². The van der Waals surface area contributed by atoms with Crippen molar-refractivity contribution in [1.82, 2.24) is 14.7 Å². The van der Waals surface area contributed by atoms with E-state index in [0.717, 1.165) is 4.90 Å². The van der Waals surface area contributed by atoms with Gasteiger partial charge >= 0.3 is 6.03 Å². The Morgan fingerprint density at radius 3 is 2.61 bits per heavy atom. The van der Waals surface area contributed by atoms with Gasteiger partial charge in [-0.3, -0.25) is 9.69 Å². The van der Waals surface area contributed by atoms with Gasteiger partial charge in [-0.15, -0.1) is 0 Å². The van der Waals surface area contributed by atoms with Gasteiger partial charge in [0.2, 0.25) is 0 Å². The number of fused-ring (bicyclic) bond motifs is 1. The summed E-state index contributed by atoms with van der Waals surface area (Å²) < 4.78 is 5.37. The minimum Gasteiger partial charge on any atom is -0.461 e. The fourth-order valence-electron chi connectivity index (χ4n) is 2.10. The van der Waals surface area contributed by atoms with Gasteiger partial charge in [-0.25, -0.2) is 9.79 Å². The molecule has 0 bridgehead atoms. The molecule has 7 heteroatoms. The number of amidine groups is 1. The zero-order valence-corrected chi connectivity index (χ0v) is 10.7. The third-order valence-corrected chi connectivity index (χ3v) is 3.14. The number of ether oxygens (including phenoxy) is 1. The number of imide groups is 1. The molecule has 0 spiro atoms. The van der Waals surface area contributed by atoms with Crippen LogP contribution in [0.4, 0.5) is 4.79 Å². The Balaban J connectivity index is 2.27. The second-order valence-electron chi connectivity index (χ2n) is 4.27. The van der Waals surface area contributed by atoms with Crippen LogP contribution in [0.1, 0.15) is 0 Å². The highest BCUT2D eigenvalue weighted by atomic mass is 16.5. The van der Waals surface area contributed by atoms with E-state index in [1.54, 1.807) is 25.1 Å². The van der Waals surface area contributed by atoms with E-state index in [2.05, 4.69) is 11.6 Å². The molecular weight excluding hydrogens is 236 g/mol. The molecule has 0 saturated carbocycles. The highest BCUT2D eigenvalue weighted by Crippen LogP contribution is 2.25. The van der Waals surface area contributed by atoms with Crippen molar-refractivity contribution < 1.29 is 14.3 Å². The lowest BCUT2D eigenvalue weighted by molar-refractivity contribution is -0.135. The predicted octanol–water partition coefficient (Wildman–Crippen LogP) is -0.291. The van der Waals surface area contributed by atoms with Crippen molar-refractivity contribution in [3.8, 4) is 0 Å². The molecule has 3 amide bonds. The summed E-state index contributed by atoms with van der Waals surface area (Å²) in [6, 6.07) is -0.519. The van der Waals surface area contributed by atoms with Crippen molar-refractivity contribution in [2.45, 2.75) is 12.2 Å². The summed E-state index contributed by atoms with van der Waals surface area (Å²) in [6.07, 6.45) is 1.08. The lowest BCUT2D eigenvalue weighted by Gasteiger charge is -2.38. The maximum atomic E-state index is 12.1. The molecule has 0 aromatic carbocycles. The lowest BCUT2D eigenvalue weighted by Crippen LogP contribution is -2.63.